The molecule has 0 bridgehead atoms. The van der Waals surface area contributed by atoms with Crippen LogP contribution in [0.25, 0.3) is 21.6 Å². The van der Waals surface area contributed by atoms with E-state index in [2.05, 4.69) is 15.3 Å². The maximum absolute atomic E-state index is 15.2. The summed E-state index contributed by atoms with van der Waals surface area (Å²) in [4.78, 5) is 40.4. The largest absolute Gasteiger partial charge is 0.480 e. The van der Waals surface area contributed by atoms with E-state index >= 15 is 4.39 Å². The van der Waals surface area contributed by atoms with Gasteiger partial charge in [-0.25, -0.2) is 9.18 Å². The molecule has 2 aromatic rings. The van der Waals surface area contributed by atoms with E-state index in [-0.39, 0.29) is 35.4 Å². The highest BCUT2D eigenvalue weighted by atomic mass is 19.3. The molecule has 2 atom stereocenters. The van der Waals surface area contributed by atoms with E-state index in [1.165, 1.54) is 30.3 Å². The van der Waals surface area contributed by atoms with Crippen LogP contribution in [0.2, 0.25) is 0 Å². The van der Waals surface area contributed by atoms with E-state index in [0.29, 0.717) is 5.56 Å². The molecule has 1 heterocycles. The van der Waals surface area contributed by atoms with Gasteiger partial charge in [-0.05, 0) is 28.8 Å². The Bertz CT molecular complexity index is 1300. The van der Waals surface area contributed by atoms with E-state index in [9.17, 15) is 28.3 Å². The lowest BCUT2D eigenvalue weighted by Gasteiger charge is -2.22. The van der Waals surface area contributed by atoms with E-state index in [0.717, 1.165) is 11.0 Å². The third-order valence-electron chi connectivity index (χ3n) is 6.33. The molecule has 1 aliphatic heterocycles. The summed E-state index contributed by atoms with van der Waals surface area (Å²) >= 11 is 0. The predicted molar refractivity (Wildman–Crippen MR) is 124 cm³/mol. The number of carboxylic acid groups (broad SMARTS) is 1. The Morgan fingerprint density at radius 3 is 2.62 bits per heavy atom. The predicted octanol–water partition coefficient (Wildman–Crippen LogP) is 3.26. The monoisotopic (exact) mass is 517 g/mol. The number of carboxylic acids is 1. The van der Waals surface area contributed by atoms with Gasteiger partial charge in [0.25, 0.3) is 11.8 Å². The number of halogens is 3. The molecule has 4 rings (SSSR count). The number of nitrogens with one attached hydrogen (secondary N) is 1. The van der Waals surface area contributed by atoms with Gasteiger partial charge >= 0.3 is 5.97 Å². The second-order valence-corrected chi connectivity index (χ2v) is 8.80. The number of nitrogens with zero attached hydrogens (tertiary/aromatic N) is 4. The molecule has 2 aromatic carbocycles. The zero-order valence-corrected chi connectivity index (χ0v) is 19.4. The van der Waals surface area contributed by atoms with E-state index < -0.39 is 61.5 Å². The SMILES string of the molecule is [N-]=[N+]=NCCOC[C@@]1(F)C[C@@H](C(=O)O)N(C(=O)CNC(=O)c2ccc3c(c2)-c2ccccc2C3(F)F)C1. The number of rotatable bonds is 9. The standard InChI is InChI=1S/C24H22F3N5O5/c25-23(13-37-8-7-30-31-28)10-19(22(35)36)32(12-23)20(33)11-29-21(34)14-5-6-18-16(9-14)15-3-1-2-4-17(15)24(18,26)27/h1-6,9,19H,7-8,10-13H2,(H,29,34)(H,35,36)/t19-,23+/m0/s1. The van der Waals surface area contributed by atoms with E-state index in [4.69, 9.17) is 10.3 Å². The summed E-state index contributed by atoms with van der Waals surface area (Å²) in [5, 5.41) is 15.1. The molecule has 0 unspecified atom stereocenters. The van der Waals surface area contributed by atoms with Crippen molar-refractivity contribution in [1.82, 2.24) is 10.2 Å². The molecule has 10 nitrogen and oxygen atoms in total. The van der Waals surface area contributed by atoms with Crippen molar-refractivity contribution in [3.8, 4) is 11.1 Å². The molecule has 2 aliphatic rings. The summed E-state index contributed by atoms with van der Waals surface area (Å²) in [6, 6.07) is 8.19. The summed E-state index contributed by atoms with van der Waals surface area (Å²) in [6.07, 6.45) is -0.512. The lowest BCUT2D eigenvalue weighted by atomic mass is 10.0. The minimum atomic E-state index is -3.20. The number of benzene rings is 2. The van der Waals surface area contributed by atoms with Crippen molar-refractivity contribution in [3.05, 3.63) is 69.6 Å². The normalized spacial score (nSPS) is 21.1. The second-order valence-electron chi connectivity index (χ2n) is 8.80. The Labute approximate surface area is 208 Å². The fraction of sp³-hybridized carbons (Fsp3) is 0.375. The molecular weight excluding hydrogens is 495 g/mol. The van der Waals surface area contributed by atoms with Crippen molar-refractivity contribution in [3.63, 3.8) is 0 Å². The molecule has 194 valence electrons. The van der Waals surface area contributed by atoms with Crippen LogP contribution >= 0.6 is 0 Å². The molecule has 2 N–H and O–H groups in total. The number of carbonyl (C=O) groups is 3. The van der Waals surface area contributed by atoms with Gasteiger partial charge in [0.1, 0.15) is 6.04 Å². The number of aliphatic carboxylic acids is 1. The molecule has 0 spiro atoms. The molecular formula is C24H22F3N5O5. The minimum Gasteiger partial charge on any atom is -0.480 e. The summed E-state index contributed by atoms with van der Waals surface area (Å²) in [6.45, 7) is -1.80. The van der Waals surface area contributed by atoms with Crippen LogP contribution in [0.5, 0.6) is 0 Å². The maximum Gasteiger partial charge on any atom is 0.326 e. The number of amides is 2. The molecule has 1 fully saturated rings. The number of likely N-dealkylation sites (tertiary alicyclic amines) is 1. The fourth-order valence-electron chi connectivity index (χ4n) is 4.61. The average molecular weight is 517 g/mol. The van der Waals surface area contributed by atoms with Gasteiger partial charge < -0.3 is 20.1 Å². The van der Waals surface area contributed by atoms with Gasteiger partial charge in [0, 0.05) is 34.6 Å². The van der Waals surface area contributed by atoms with Gasteiger partial charge in [-0.3, -0.25) is 9.59 Å². The topological polar surface area (TPSA) is 145 Å². The van der Waals surface area contributed by atoms with Crippen LogP contribution in [0.4, 0.5) is 13.2 Å². The molecule has 1 saturated heterocycles. The van der Waals surface area contributed by atoms with Gasteiger partial charge in [-0.2, -0.15) is 8.78 Å². The highest BCUT2D eigenvalue weighted by Crippen LogP contribution is 2.50. The zero-order valence-electron chi connectivity index (χ0n) is 19.4. The molecule has 2 amide bonds. The molecule has 1 aliphatic carbocycles. The van der Waals surface area contributed by atoms with E-state index in [1.807, 2.05) is 0 Å². The first-order chi connectivity index (χ1) is 17.6. The quantitative estimate of drug-likeness (QED) is 0.227. The van der Waals surface area contributed by atoms with Crippen LogP contribution in [0.1, 0.15) is 27.9 Å². The number of alkyl halides is 3. The van der Waals surface area contributed by atoms with Crippen LogP contribution in [0, 0.1) is 0 Å². The Kier molecular flexibility index (Phi) is 7.10. The highest BCUT2D eigenvalue weighted by molar-refractivity contribution is 5.99. The molecule has 0 saturated carbocycles. The molecule has 13 heteroatoms. The first-order valence-corrected chi connectivity index (χ1v) is 11.3. The van der Waals surface area contributed by atoms with Gasteiger partial charge in [0.15, 0.2) is 5.67 Å². The lowest BCUT2D eigenvalue weighted by Crippen LogP contribution is -2.46. The Morgan fingerprint density at radius 1 is 1.16 bits per heavy atom. The van der Waals surface area contributed by atoms with Crippen molar-refractivity contribution >= 4 is 17.8 Å². The molecule has 37 heavy (non-hydrogen) atoms. The summed E-state index contributed by atoms with van der Waals surface area (Å²) in [5.41, 5.74) is 6.24. The number of hydrogen-bond donors (Lipinski definition) is 2. The Balaban J connectivity index is 1.41. The molecule has 0 aromatic heterocycles. The number of azide groups is 1. The summed E-state index contributed by atoms with van der Waals surface area (Å²) < 4.78 is 49.8. The number of carbonyl (C=O) groups excluding carboxylic acids is 2. The van der Waals surface area contributed by atoms with Crippen molar-refractivity contribution in [2.24, 2.45) is 5.11 Å². The van der Waals surface area contributed by atoms with Crippen LogP contribution in [0.3, 0.4) is 0 Å². The summed E-state index contributed by atoms with van der Waals surface area (Å²) in [7, 11) is 0. The van der Waals surface area contributed by atoms with E-state index in [1.54, 1.807) is 6.07 Å². The van der Waals surface area contributed by atoms with Crippen LogP contribution in [-0.2, 0) is 20.2 Å². The van der Waals surface area contributed by atoms with Crippen molar-refractivity contribution in [2.75, 3.05) is 32.8 Å². The average Bonchev–Trinajstić information content (AvgIpc) is 3.35. The minimum absolute atomic E-state index is 0.0310. The maximum atomic E-state index is 15.2. The second kappa shape index (κ2) is 10.1. The Morgan fingerprint density at radius 2 is 1.89 bits per heavy atom. The lowest BCUT2D eigenvalue weighted by molar-refractivity contribution is -0.147. The first kappa shape index (κ1) is 26.0. The van der Waals surface area contributed by atoms with Gasteiger partial charge in [-0.1, -0.05) is 35.4 Å². The number of ether oxygens (including phenoxy) is 1. The smallest absolute Gasteiger partial charge is 0.326 e. The number of hydrogen-bond acceptors (Lipinski definition) is 5. The van der Waals surface area contributed by atoms with Gasteiger partial charge in [0.2, 0.25) is 5.91 Å². The van der Waals surface area contributed by atoms with Gasteiger partial charge in [-0.15, -0.1) is 0 Å². The third-order valence-corrected chi connectivity index (χ3v) is 6.33. The van der Waals surface area contributed by atoms with Crippen LogP contribution in [-0.4, -0.2) is 72.3 Å². The van der Waals surface area contributed by atoms with Crippen molar-refractivity contribution in [2.45, 2.75) is 24.1 Å². The fourth-order valence-corrected chi connectivity index (χ4v) is 4.61. The van der Waals surface area contributed by atoms with Crippen molar-refractivity contribution in [1.29, 1.82) is 0 Å². The van der Waals surface area contributed by atoms with Crippen LogP contribution in [0.15, 0.2) is 47.6 Å². The number of fused-ring (bicyclic) bond motifs is 3. The first-order valence-electron chi connectivity index (χ1n) is 11.3. The van der Waals surface area contributed by atoms with Gasteiger partial charge in [0.05, 0.1) is 26.3 Å². The van der Waals surface area contributed by atoms with Crippen LogP contribution < -0.4 is 5.32 Å². The molecule has 0 radical (unpaired) electrons. The Hall–Kier alpha value is -4.09. The third kappa shape index (κ3) is 5.09. The highest BCUT2D eigenvalue weighted by Gasteiger charge is 2.50. The van der Waals surface area contributed by atoms with Crippen molar-refractivity contribution < 1.29 is 37.4 Å². The summed E-state index contributed by atoms with van der Waals surface area (Å²) in [5.74, 6) is -6.18. The zero-order chi connectivity index (χ0) is 26.8.